The lowest BCUT2D eigenvalue weighted by Crippen LogP contribution is -2.36. The first-order chi connectivity index (χ1) is 15.1. The van der Waals surface area contributed by atoms with Gasteiger partial charge in [0.15, 0.2) is 5.69 Å². The highest BCUT2D eigenvalue weighted by Gasteiger charge is 2.33. The van der Waals surface area contributed by atoms with Gasteiger partial charge in [-0.2, -0.15) is 18.3 Å². The van der Waals surface area contributed by atoms with Gasteiger partial charge in [0, 0.05) is 22.6 Å². The molecule has 0 fully saturated rings. The molecule has 0 saturated heterocycles. The number of anilines is 1. The molecule has 1 aliphatic rings. The summed E-state index contributed by atoms with van der Waals surface area (Å²) >= 11 is 0. The molecule has 2 N–H and O–H groups in total. The van der Waals surface area contributed by atoms with Gasteiger partial charge in [0.05, 0.1) is 30.5 Å². The third kappa shape index (κ3) is 3.97. The summed E-state index contributed by atoms with van der Waals surface area (Å²) in [4.78, 5) is 19.3. The molecule has 0 spiro atoms. The van der Waals surface area contributed by atoms with Crippen LogP contribution in [0.5, 0.6) is 0 Å². The monoisotopic (exact) mass is 445 g/mol. The molecule has 4 rings (SSSR count). The van der Waals surface area contributed by atoms with Gasteiger partial charge in [-0.15, -0.1) is 5.10 Å². The number of hydrogen-bond acceptors (Lipinski definition) is 6. The van der Waals surface area contributed by atoms with Gasteiger partial charge < -0.3 is 15.4 Å². The van der Waals surface area contributed by atoms with Gasteiger partial charge >= 0.3 is 6.18 Å². The number of aromatic nitrogens is 3. The van der Waals surface area contributed by atoms with Crippen LogP contribution in [-0.2, 0) is 24.1 Å². The minimum absolute atomic E-state index is 0.0257. The van der Waals surface area contributed by atoms with Gasteiger partial charge in [0.25, 0.3) is 5.91 Å². The first kappa shape index (κ1) is 21.9. The lowest BCUT2D eigenvalue weighted by molar-refractivity contribution is -0.141. The first-order valence-corrected chi connectivity index (χ1v) is 10.1. The molecule has 3 aromatic rings. The summed E-state index contributed by atoms with van der Waals surface area (Å²) < 4.78 is 43.9. The van der Waals surface area contributed by atoms with Crippen molar-refractivity contribution in [2.75, 3.05) is 5.73 Å². The van der Waals surface area contributed by atoms with E-state index in [0.29, 0.717) is 23.5 Å². The molecule has 0 aliphatic carbocycles. The fourth-order valence-electron chi connectivity index (χ4n) is 3.82. The van der Waals surface area contributed by atoms with Crippen molar-refractivity contribution in [1.82, 2.24) is 20.1 Å². The molecule has 32 heavy (non-hydrogen) atoms. The summed E-state index contributed by atoms with van der Waals surface area (Å²) in [5.41, 5.74) is 8.13. The Morgan fingerprint density at radius 1 is 1.25 bits per heavy atom. The molecule has 1 amide bonds. The topological polar surface area (TPSA) is 94.2 Å². The smallest absolute Gasteiger partial charge is 0.383 e. The van der Waals surface area contributed by atoms with Crippen LogP contribution in [-0.4, -0.2) is 32.0 Å². The predicted octanol–water partition coefficient (Wildman–Crippen LogP) is 4.27. The highest BCUT2D eigenvalue weighted by molar-refractivity contribution is 5.99. The van der Waals surface area contributed by atoms with Gasteiger partial charge in [0.2, 0.25) is 0 Å². The third-order valence-electron chi connectivity index (χ3n) is 5.52. The average molecular weight is 445 g/mol. The quantitative estimate of drug-likeness (QED) is 0.645. The second-order valence-corrected chi connectivity index (χ2v) is 8.01. The lowest BCUT2D eigenvalue weighted by Gasteiger charge is -2.26. The van der Waals surface area contributed by atoms with Crippen LogP contribution in [0.25, 0.3) is 10.9 Å². The summed E-state index contributed by atoms with van der Waals surface area (Å²) in [6.45, 7) is 5.96. The number of carbonyl (C=O) groups is 1. The van der Waals surface area contributed by atoms with Crippen molar-refractivity contribution in [3.63, 3.8) is 0 Å². The number of nitrogens with two attached hydrogens (primary N) is 1. The molecular formula is C22H22F3N5O2. The number of pyridine rings is 1. The predicted molar refractivity (Wildman–Crippen MR) is 111 cm³/mol. The Hall–Kier alpha value is -3.27. The largest absolute Gasteiger partial charge is 0.435 e. The Morgan fingerprint density at radius 2 is 2.00 bits per heavy atom. The van der Waals surface area contributed by atoms with E-state index < -0.39 is 11.9 Å². The van der Waals surface area contributed by atoms with Crippen LogP contribution in [0.2, 0.25) is 0 Å². The van der Waals surface area contributed by atoms with Crippen molar-refractivity contribution >= 4 is 22.6 Å². The normalized spacial score (nSPS) is 15.9. The third-order valence-corrected chi connectivity index (χ3v) is 5.52. The molecule has 3 heterocycles. The van der Waals surface area contributed by atoms with Gasteiger partial charge in [-0.25, -0.2) is 4.98 Å². The number of ether oxygens (including phenoxy) is 1. The molecule has 1 aromatic carbocycles. The number of amides is 1. The van der Waals surface area contributed by atoms with Crippen LogP contribution >= 0.6 is 0 Å². The van der Waals surface area contributed by atoms with Crippen LogP contribution in [0.15, 0.2) is 30.3 Å². The second kappa shape index (κ2) is 8.01. The Morgan fingerprint density at radius 3 is 2.62 bits per heavy atom. The van der Waals surface area contributed by atoms with Gasteiger partial charge in [-0.05, 0) is 56.7 Å². The molecule has 0 unspecified atom stereocenters. The maximum absolute atomic E-state index is 13.3. The van der Waals surface area contributed by atoms with Crippen LogP contribution < -0.4 is 5.73 Å². The summed E-state index contributed by atoms with van der Waals surface area (Å²) in [5, 5.41) is 7.69. The fraction of sp³-hybridized carbons (Fsp3) is 0.364. The summed E-state index contributed by atoms with van der Waals surface area (Å²) in [5.74, 6) is 0.141. The van der Waals surface area contributed by atoms with Gasteiger partial charge in [-0.3, -0.25) is 4.79 Å². The van der Waals surface area contributed by atoms with Crippen LogP contribution in [0.1, 0.15) is 59.7 Å². The Bertz CT molecular complexity index is 1180. The van der Waals surface area contributed by atoms with Crippen LogP contribution in [0.3, 0.4) is 0 Å². The van der Waals surface area contributed by atoms with E-state index >= 15 is 0 Å². The first-order valence-electron chi connectivity index (χ1n) is 10.1. The molecule has 0 bridgehead atoms. The highest BCUT2D eigenvalue weighted by Crippen LogP contribution is 2.38. The van der Waals surface area contributed by atoms with E-state index in [1.807, 2.05) is 20.8 Å². The van der Waals surface area contributed by atoms with Crippen molar-refractivity contribution in [3.05, 3.63) is 58.4 Å². The summed E-state index contributed by atoms with van der Waals surface area (Å²) in [7, 11) is 0. The molecule has 2 aromatic heterocycles. The van der Waals surface area contributed by atoms with Crippen molar-refractivity contribution in [3.8, 4) is 0 Å². The highest BCUT2D eigenvalue weighted by atomic mass is 19.4. The summed E-state index contributed by atoms with van der Waals surface area (Å²) in [6, 6.07) is 7.03. The molecule has 1 aliphatic heterocycles. The molecule has 0 saturated carbocycles. The number of nitrogens with zero attached hydrogens (tertiary/aromatic N) is 4. The SMILES string of the molecule is CC(C)N(Cc1ccc(C(F)(F)F)nn1)C(=O)c1ccc2nc(N)c3c(c2c1)CO[C@@H]3C. The average Bonchev–Trinajstić information content (AvgIpc) is 3.13. The van der Waals surface area contributed by atoms with Crippen molar-refractivity contribution in [2.45, 2.75) is 52.2 Å². The minimum atomic E-state index is -4.57. The maximum atomic E-state index is 13.3. The number of nitrogen functional groups attached to an aromatic ring is 1. The van der Waals surface area contributed by atoms with E-state index in [9.17, 15) is 18.0 Å². The number of carbonyl (C=O) groups excluding carboxylic acids is 1. The Balaban J connectivity index is 1.66. The zero-order valence-corrected chi connectivity index (χ0v) is 17.8. The zero-order chi connectivity index (χ0) is 23.2. The van der Waals surface area contributed by atoms with Gasteiger partial charge in [-0.1, -0.05) is 0 Å². The maximum Gasteiger partial charge on any atom is 0.435 e. The molecule has 1 atom stereocenters. The number of benzene rings is 1. The Kier molecular flexibility index (Phi) is 5.49. The van der Waals surface area contributed by atoms with E-state index in [-0.39, 0.29) is 30.3 Å². The van der Waals surface area contributed by atoms with E-state index in [2.05, 4.69) is 15.2 Å². The number of fused-ring (bicyclic) bond motifs is 3. The van der Waals surface area contributed by atoms with E-state index in [1.165, 1.54) is 11.0 Å². The standard InChI is InChI=1S/C22H22F3N5O2/c1-11(2)30(9-14-5-7-18(29-28-14)22(23,24)25)21(31)13-4-6-17-15(8-13)16-10-32-12(3)19(16)20(26)27-17/h4-8,11-12H,9-10H2,1-3H3,(H2,26,27)/t12-/m1/s1. The second-order valence-electron chi connectivity index (χ2n) is 8.01. The van der Waals surface area contributed by atoms with Crippen molar-refractivity contribution in [1.29, 1.82) is 0 Å². The van der Waals surface area contributed by atoms with Gasteiger partial charge in [0.1, 0.15) is 5.82 Å². The number of rotatable bonds is 4. The summed E-state index contributed by atoms with van der Waals surface area (Å²) in [6.07, 6.45) is -4.74. The van der Waals surface area contributed by atoms with E-state index in [0.717, 1.165) is 22.6 Å². The van der Waals surface area contributed by atoms with Crippen LogP contribution in [0, 0.1) is 0 Å². The van der Waals surface area contributed by atoms with E-state index in [1.54, 1.807) is 18.2 Å². The van der Waals surface area contributed by atoms with Crippen molar-refractivity contribution < 1.29 is 22.7 Å². The van der Waals surface area contributed by atoms with Crippen molar-refractivity contribution in [2.24, 2.45) is 0 Å². The molecular weight excluding hydrogens is 423 g/mol. The Labute approximate surface area is 182 Å². The molecule has 7 nitrogen and oxygen atoms in total. The number of alkyl halides is 3. The number of hydrogen-bond donors (Lipinski definition) is 1. The fourth-order valence-corrected chi connectivity index (χ4v) is 3.82. The minimum Gasteiger partial charge on any atom is -0.383 e. The molecule has 168 valence electrons. The number of halogens is 3. The molecule has 0 radical (unpaired) electrons. The van der Waals surface area contributed by atoms with Crippen LogP contribution in [0.4, 0.5) is 19.0 Å². The van der Waals surface area contributed by atoms with E-state index in [4.69, 9.17) is 10.5 Å². The lowest BCUT2D eigenvalue weighted by atomic mass is 10.00. The zero-order valence-electron chi connectivity index (χ0n) is 17.8. The molecule has 10 heteroatoms.